The molecule has 0 aromatic heterocycles. The van der Waals surface area contributed by atoms with Crippen LogP contribution in [0.25, 0.3) is 0 Å². The molecule has 1 aromatic carbocycles. The number of hydrogen-bond donors (Lipinski definition) is 1. The highest BCUT2D eigenvalue weighted by Gasteiger charge is 2.56. The van der Waals surface area contributed by atoms with Gasteiger partial charge < -0.3 is 13.8 Å². The zero-order chi connectivity index (χ0) is 20.3. The van der Waals surface area contributed by atoms with Crippen molar-refractivity contribution in [3.05, 3.63) is 35.4 Å². The van der Waals surface area contributed by atoms with Crippen LogP contribution < -0.4 is 5.32 Å². The van der Waals surface area contributed by atoms with E-state index in [-0.39, 0.29) is 13.2 Å². The maximum Gasteiger partial charge on any atom is 0.355 e. The van der Waals surface area contributed by atoms with Crippen molar-refractivity contribution < 1.29 is 23.1 Å². The minimum Gasteiger partial charge on any atom is -0.459 e. The number of aryl methyl sites for hydroxylation is 1. The summed E-state index contributed by atoms with van der Waals surface area (Å²) in [4.78, 5) is 12.6. The third-order valence-electron chi connectivity index (χ3n) is 4.50. The molecule has 1 N–H and O–H groups in total. The van der Waals surface area contributed by atoms with Gasteiger partial charge in [-0.2, -0.15) is 0 Å². The molecule has 7 heteroatoms. The molecule has 2 rings (SSSR count). The first kappa shape index (κ1) is 22.1. The van der Waals surface area contributed by atoms with Gasteiger partial charge in [0.05, 0.1) is 13.2 Å². The molecule has 0 heterocycles. The Kier molecular flexibility index (Phi) is 6.91. The summed E-state index contributed by atoms with van der Waals surface area (Å²) in [6.07, 6.45) is 1.26. The molecule has 0 fully saturated rings. The Morgan fingerprint density at radius 1 is 1.22 bits per heavy atom. The van der Waals surface area contributed by atoms with E-state index in [0.717, 1.165) is 17.5 Å². The van der Waals surface area contributed by atoms with E-state index in [0.29, 0.717) is 6.42 Å². The standard InChI is InChI=1S/C20H32NO5P/c1-7-24-27(23,25-8-2)20(14-13-16-11-9-10-12-17(16)20)21-15(3)18(22)26-19(4,5)6/h9-12,15,21H,7-8,13-14H2,1-6H3. The summed E-state index contributed by atoms with van der Waals surface area (Å²) in [6, 6.07) is 7.13. The van der Waals surface area contributed by atoms with Crippen LogP contribution in [0.1, 0.15) is 59.1 Å². The van der Waals surface area contributed by atoms with Gasteiger partial charge in [-0.05, 0) is 65.5 Å². The van der Waals surface area contributed by atoms with Crippen molar-refractivity contribution in [2.45, 2.75) is 71.3 Å². The second kappa shape index (κ2) is 8.44. The van der Waals surface area contributed by atoms with Crippen LogP contribution in [0.4, 0.5) is 0 Å². The van der Waals surface area contributed by atoms with Gasteiger partial charge >= 0.3 is 13.6 Å². The smallest absolute Gasteiger partial charge is 0.355 e. The van der Waals surface area contributed by atoms with Crippen molar-refractivity contribution in [1.29, 1.82) is 0 Å². The van der Waals surface area contributed by atoms with Gasteiger partial charge in [0, 0.05) is 0 Å². The van der Waals surface area contributed by atoms with E-state index in [1.807, 2.05) is 45.0 Å². The Hall–Kier alpha value is -1.20. The van der Waals surface area contributed by atoms with Crippen molar-refractivity contribution in [3.63, 3.8) is 0 Å². The first-order chi connectivity index (χ1) is 12.6. The van der Waals surface area contributed by atoms with Gasteiger partial charge in [-0.25, -0.2) is 0 Å². The van der Waals surface area contributed by atoms with Crippen LogP contribution >= 0.6 is 7.60 Å². The Labute approximate surface area is 162 Å². The molecular weight excluding hydrogens is 365 g/mol. The Morgan fingerprint density at radius 2 is 1.81 bits per heavy atom. The fourth-order valence-corrected chi connectivity index (χ4v) is 5.96. The maximum atomic E-state index is 13.9. The average molecular weight is 397 g/mol. The SMILES string of the molecule is CCOP(=O)(OCC)C1(NC(C)C(=O)OC(C)(C)C)CCc2ccccc21. The van der Waals surface area contributed by atoms with Gasteiger partial charge in [0.2, 0.25) is 0 Å². The molecular formula is C20H32NO5P. The molecule has 6 nitrogen and oxygen atoms in total. The highest BCUT2D eigenvalue weighted by Crippen LogP contribution is 2.67. The van der Waals surface area contributed by atoms with Crippen molar-refractivity contribution in [1.82, 2.24) is 5.32 Å². The minimum atomic E-state index is -3.59. The van der Waals surface area contributed by atoms with Gasteiger partial charge in [-0.3, -0.25) is 14.7 Å². The van der Waals surface area contributed by atoms with Crippen LogP contribution in [0.2, 0.25) is 0 Å². The maximum absolute atomic E-state index is 13.9. The molecule has 2 atom stereocenters. The van der Waals surface area contributed by atoms with Crippen LogP contribution in [0.3, 0.4) is 0 Å². The van der Waals surface area contributed by atoms with Crippen LogP contribution in [-0.4, -0.2) is 30.8 Å². The lowest BCUT2D eigenvalue weighted by molar-refractivity contribution is -0.157. The van der Waals surface area contributed by atoms with E-state index in [2.05, 4.69) is 5.32 Å². The summed E-state index contributed by atoms with van der Waals surface area (Å²) < 4.78 is 30.8. The van der Waals surface area contributed by atoms with Gasteiger partial charge in [0.15, 0.2) is 0 Å². The highest BCUT2D eigenvalue weighted by atomic mass is 31.2. The lowest BCUT2D eigenvalue weighted by atomic mass is 10.1. The zero-order valence-corrected chi connectivity index (χ0v) is 18.1. The van der Waals surface area contributed by atoms with Crippen molar-refractivity contribution in [3.8, 4) is 0 Å². The molecule has 0 amide bonds. The highest BCUT2D eigenvalue weighted by molar-refractivity contribution is 7.55. The summed E-state index contributed by atoms with van der Waals surface area (Å²) in [5.41, 5.74) is 1.35. The molecule has 0 radical (unpaired) electrons. The van der Waals surface area contributed by atoms with E-state index in [1.54, 1.807) is 20.8 Å². The summed E-state index contributed by atoms with van der Waals surface area (Å²) in [5, 5.41) is 2.22. The molecule has 1 aliphatic carbocycles. The lowest BCUT2D eigenvalue weighted by Gasteiger charge is -2.39. The molecule has 1 aromatic rings. The molecule has 1 aliphatic rings. The molecule has 0 bridgehead atoms. The predicted octanol–water partition coefficient (Wildman–Crippen LogP) is 4.37. The molecule has 2 unspecified atom stereocenters. The number of carbonyl (C=O) groups is 1. The second-order valence-corrected chi connectivity index (χ2v) is 10.0. The molecule has 0 saturated carbocycles. The van der Waals surface area contributed by atoms with Gasteiger partial charge in [-0.1, -0.05) is 24.3 Å². The fourth-order valence-electron chi connectivity index (χ4n) is 3.51. The monoisotopic (exact) mass is 397 g/mol. The minimum absolute atomic E-state index is 0.254. The number of ether oxygens (including phenoxy) is 1. The van der Waals surface area contributed by atoms with E-state index >= 15 is 0 Å². The van der Waals surface area contributed by atoms with Crippen molar-refractivity contribution >= 4 is 13.6 Å². The third kappa shape index (κ3) is 4.62. The predicted molar refractivity (Wildman–Crippen MR) is 106 cm³/mol. The van der Waals surface area contributed by atoms with Crippen molar-refractivity contribution in [2.24, 2.45) is 0 Å². The number of nitrogens with one attached hydrogen (secondary N) is 1. The Morgan fingerprint density at radius 3 is 2.37 bits per heavy atom. The Bertz CT molecular complexity index is 705. The number of fused-ring (bicyclic) bond motifs is 1. The molecule has 0 saturated heterocycles. The number of carbonyl (C=O) groups excluding carboxylic acids is 1. The van der Waals surface area contributed by atoms with Gasteiger partial charge in [-0.15, -0.1) is 0 Å². The number of hydrogen-bond acceptors (Lipinski definition) is 6. The number of esters is 1. The van der Waals surface area contributed by atoms with Crippen LogP contribution in [0.15, 0.2) is 24.3 Å². The topological polar surface area (TPSA) is 73.9 Å². The first-order valence-corrected chi connectivity index (χ1v) is 11.1. The quantitative estimate of drug-likeness (QED) is 0.519. The summed E-state index contributed by atoms with van der Waals surface area (Å²) in [5.74, 6) is -0.397. The molecule has 0 spiro atoms. The number of benzene rings is 1. The first-order valence-electron chi connectivity index (χ1n) is 9.56. The Balaban J connectivity index is 2.46. The van der Waals surface area contributed by atoms with E-state index < -0.39 is 30.5 Å². The molecule has 152 valence electrons. The van der Waals surface area contributed by atoms with Crippen LogP contribution in [0, 0.1) is 0 Å². The van der Waals surface area contributed by atoms with Crippen LogP contribution in [-0.2, 0) is 34.8 Å². The van der Waals surface area contributed by atoms with Gasteiger partial charge in [0.25, 0.3) is 0 Å². The average Bonchev–Trinajstić information content (AvgIpc) is 2.94. The fraction of sp³-hybridized carbons (Fsp3) is 0.650. The second-order valence-electron chi connectivity index (χ2n) is 7.75. The molecule has 27 heavy (non-hydrogen) atoms. The van der Waals surface area contributed by atoms with E-state index in [1.165, 1.54) is 0 Å². The van der Waals surface area contributed by atoms with Crippen molar-refractivity contribution in [2.75, 3.05) is 13.2 Å². The van der Waals surface area contributed by atoms with E-state index in [4.69, 9.17) is 13.8 Å². The van der Waals surface area contributed by atoms with E-state index in [9.17, 15) is 9.36 Å². The largest absolute Gasteiger partial charge is 0.459 e. The normalized spacial score (nSPS) is 21.0. The lowest BCUT2D eigenvalue weighted by Crippen LogP contribution is -2.50. The zero-order valence-electron chi connectivity index (χ0n) is 17.2. The third-order valence-corrected chi connectivity index (χ3v) is 7.23. The molecule has 0 aliphatic heterocycles. The van der Waals surface area contributed by atoms with Crippen LogP contribution in [0.5, 0.6) is 0 Å². The summed E-state index contributed by atoms with van der Waals surface area (Å²) >= 11 is 0. The van der Waals surface area contributed by atoms with Gasteiger partial charge in [0.1, 0.15) is 16.9 Å². The summed E-state index contributed by atoms with van der Waals surface area (Å²) in [7, 11) is -3.59. The number of rotatable bonds is 8. The summed E-state index contributed by atoms with van der Waals surface area (Å²) in [6.45, 7) is 11.3.